The predicted molar refractivity (Wildman–Crippen MR) is 117 cm³/mol. The summed E-state index contributed by atoms with van der Waals surface area (Å²) < 4.78 is 0. The molecule has 0 saturated carbocycles. The molecule has 2 fully saturated rings. The summed E-state index contributed by atoms with van der Waals surface area (Å²) in [7, 11) is 0. The zero-order valence-corrected chi connectivity index (χ0v) is 18.2. The third-order valence-corrected chi connectivity index (χ3v) is 6.18. The van der Waals surface area contributed by atoms with E-state index in [-0.39, 0.29) is 30.1 Å². The minimum atomic E-state index is -0.963. The monoisotopic (exact) mass is 441 g/mol. The number of piperazine rings is 1. The summed E-state index contributed by atoms with van der Waals surface area (Å²) in [5.41, 5.74) is 6.18. The number of amides is 3. The topological polar surface area (TPSA) is 99.8 Å². The summed E-state index contributed by atoms with van der Waals surface area (Å²) in [5, 5.41) is 0.614. The van der Waals surface area contributed by atoms with Gasteiger partial charge in [-0.2, -0.15) is 0 Å². The van der Waals surface area contributed by atoms with Gasteiger partial charge in [-0.15, -0.1) is 0 Å². The molecule has 1 aromatic heterocycles. The van der Waals surface area contributed by atoms with Gasteiger partial charge in [0.05, 0.1) is 13.1 Å². The second-order valence-electron chi connectivity index (χ2n) is 8.28. The van der Waals surface area contributed by atoms with E-state index >= 15 is 0 Å². The number of aromatic nitrogens is 1. The van der Waals surface area contributed by atoms with Gasteiger partial charge in [0, 0.05) is 29.5 Å². The van der Waals surface area contributed by atoms with E-state index in [0.717, 1.165) is 11.3 Å². The largest absolute Gasteiger partial charge is 0.365 e. The SMILES string of the molecule is CC(C)N1CC(=O)N(Cc2ccc(Cl)cc2)C2(CN(c3ccnc(C(N)=O)c3)C2)C1=O. The van der Waals surface area contributed by atoms with Gasteiger partial charge in [-0.1, -0.05) is 23.7 Å². The molecule has 1 spiro atoms. The number of hydrogen-bond acceptors (Lipinski definition) is 5. The summed E-state index contributed by atoms with van der Waals surface area (Å²) in [6.07, 6.45) is 1.51. The predicted octanol–water partition coefficient (Wildman–Crippen LogP) is 1.67. The molecule has 0 bridgehead atoms. The first kappa shape index (κ1) is 21.1. The van der Waals surface area contributed by atoms with Crippen molar-refractivity contribution in [2.45, 2.75) is 32.0 Å². The normalized spacial score (nSPS) is 18.0. The Morgan fingerprint density at radius 3 is 2.48 bits per heavy atom. The molecular weight excluding hydrogens is 418 g/mol. The van der Waals surface area contributed by atoms with E-state index in [2.05, 4.69) is 4.98 Å². The first-order valence-corrected chi connectivity index (χ1v) is 10.5. The van der Waals surface area contributed by atoms with E-state index in [4.69, 9.17) is 17.3 Å². The Labute approximate surface area is 185 Å². The van der Waals surface area contributed by atoms with Crippen molar-refractivity contribution in [1.82, 2.24) is 14.8 Å². The highest BCUT2D eigenvalue weighted by Gasteiger charge is 2.59. The second-order valence-corrected chi connectivity index (χ2v) is 8.72. The molecule has 0 atom stereocenters. The maximum absolute atomic E-state index is 13.5. The molecule has 8 nitrogen and oxygen atoms in total. The number of hydrogen-bond donors (Lipinski definition) is 1. The van der Waals surface area contributed by atoms with E-state index in [1.54, 1.807) is 34.1 Å². The number of carbonyl (C=O) groups excluding carboxylic acids is 3. The number of rotatable bonds is 5. The van der Waals surface area contributed by atoms with Crippen molar-refractivity contribution in [3.05, 3.63) is 58.9 Å². The maximum atomic E-state index is 13.5. The number of anilines is 1. The van der Waals surface area contributed by atoms with Crippen molar-refractivity contribution in [3.8, 4) is 0 Å². The van der Waals surface area contributed by atoms with Gasteiger partial charge in [0.2, 0.25) is 5.91 Å². The lowest BCUT2D eigenvalue weighted by molar-refractivity contribution is -0.170. The lowest BCUT2D eigenvalue weighted by atomic mass is 9.82. The van der Waals surface area contributed by atoms with E-state index in [9.17, 15) is 14.4 Å². The lowest BCUT2D eigenvalue weighted by Gasteiger charge is -2.59. The molecule has 0 unspecified atom stereocenters. The number of carbonyl (C=O) groups is 3. The third kappa shape index (κ3) is 3.72. The van der Waals surface area contributed by atoms with Crippen LogP contribution in [0.1, 0.15) is 29.9 Å². The standard InChI is InChI=1S/C22H24ClN5O3/c1-14(2)27-11-19(29)28(10-15-3-5-16(23)6-4-15)22(21(27)31)12-26(13-22)17-7-8-25-18(9-17)20(24)30/h3-9,14H,10-13H2,1-2H3,(H2,24,30). The van der Waals surface area contributed by atoms with E-state index in [1.807, 2.05) is 30.9 Å². The fourth-order valence-electron chi connectivity index (χ4n) is 4.18. The van der Waals surface area contributed by atoms with Crippen LogP contribution in [0.2, 0.25) is 5.02 Å². The number of nitrogens with two attached hydrogens (primary N) is 1. The Kier molecular flexibility index (Phi) is 5.35. The van der Waals surface area contributed by atoms with Crippen LogP contribution in [0.4, 0.5) is 5.69 Å². The van der Waals surface area contributed by atoms with Crippen LogP contribution in [0.15, 0.2) is 42.6 Å². The molecule has 2 aliphatic heterocycles. The van der Waals surface area contributed by atoms with Gasteiger partial charge in [0.1, 0.15) is 12.2 Å². The summed E-state index contributed by atoms with van der Waals surface area (Å²) in [4.78, 5) is 47.4. The van der Waals surface area contributed by atoms with Crippen molar-refractivity contribution in [3.63, 3.8) is 0 Å². The van der Waals surface area contributed by atoms with Gasteiger partial charge in [-0.25, -0.2) is 0 Å². The van der Waals surface area contributed by atoms with Crippen LogP contribution >= 0.6 is 11.6 Å². The van der Waals surface area contributed by atoms with Gasteiger partial charge < -0.3 is 20.4 Å². The summed E-state index contributed by atoms with van der Waals surface area (Å²) >= 11 is 5.99. The maximum Gasteiger partial charge on any atom is 0.267 e. The van der Waals surface area contributed by atoms with Crippen molar-refractivity contribution in [2.24, 2.45) is 5.73 Å². The van der Waals surface area contributed by atoms with E-state index in [0.29, 0.717) is 24.7 Å². The summed E-state index contributed by atoms with van der Waals surface area (Å²) in [6.45, 7) is 4.86. The highest BCUT2D eigenvalue weighted by Crippen LogP contribution is 2.38. The van der Waals surface area contributed by atoms with Crippen molar-refractivity contribution in [1.29, 1.82) is 0 Å². The smallest absolute Gasteiger partial charge is 0.267 e. The number of pyridine rings is 1. The van der Waals surface area contributed by atoms with Gasteiger partial charge in [-0.05, 0) is 43.7 Å². The molecule has 162 valence electrons. The Hall–Kier alpha value is -3.13. The highest BCUT2D eigenvalue weighted by molar-refractivity contribution is 6.30. The van der Waals surface area contributed by atoms with Crippen LogP contribution in [-0.2, 0) is 16.1 Å². The fraction of sp³-hybridized carbons (Fsp3) is 0.364. The highest BCUT2D eigenvalue weighted by atomic mass is 35.5. The second kappa shape index (κ2) is 7.85. The quantitative estimate of drug-likeness (QED) is 0.760. The van der Waals surface area contributed by atoms with Gasteiger partial charge in [-0.3, -0.25) is 19.4 Å². The number of nitrogens with zero attached hydrogens (tertiary/aromatic N) is 4. The van der Waals surface area contributed by atoms with E-state index < -0.39 is 11.4 Å². The van der Waals surface area contributed by atoms with Crippen molar-refractivity contribution in [2.75, 3.05) is 24.5 Å². The Bertz CT molecular complexity index is 1030. The lowest BCUT2D eigenvalue weighted by Crippen LogP contribution is -2.81. The molecule has 0 aliphatic carbocycles. The zero-order chi connectivity index (χ0) is 22.3. The molecule has 2 aromatic rings. The zero-order valence-electron chi connectivity index (χ0n) is 17.4. The molecule has 0 radical (unpaired) electrons. The summed E-state index contributed by atoms with van der Waals surface area (Å²) in [6, 6.07) is 10.6. The van der Waals surface area contributed by atoms with Crippen LogP contribution in [0.25, 0.3) is 0 Å². The number of benzene rings is 1. The molecule has 2 N–H and O–H groups in total. The van der Waals surface area contributed by atoms with Crippen molar-refractivity contribution >= 4 is 35.0 Å². The van der Waals surface area contributed by atoms with Crippen LogP contribution in [-0.4, -0.2) is 63.7 Å². The van der Waals surface area contributed by atoms with Gasteiger partial charge in [0.25, 0.3) is 11.8 Å². The van der Waals surface area contributed by atoms with E-state index in [1.165, 1.54) is 6.20 Å². The molecule has 9 heteroatoms. The first-order valence-electron chi connectivity index (χ1n) is 10.1. The fourth-order valence-corrected chi connectivity index (χ4v) is 4.30. The molecule has 2 aliphatic rings. The Balaban J connectivity index is 1.64. The molecular formula is C22H24ClN5O3. The minimum absolute atomic E-state index is 0.0588. The first-order chi connectivity index (χ1) is 14.7. The minimum Gasteiger partial charge on any atom is -0.365 e. The van der Waals surface area contributed by atoms with Crippen LogP contribution in [0, 0.1) is 0 Å². The third-order valence-electron chi connectivity index (χ3n) is 5.93. The van der Waals surface area contributed by atoms with Gasteiger partial charge >= 0.3 is 0 Å². The molecule has 2 saturated heterocycles. The number of halogens is 1. The Morgan fingerprint density at radius 2 is 1.87 bits per heavy atom. The molecule has 1 aromatic carbocycles. The molecule has 31 heavy (non-hydrogen) atoms. The summed E-state index contributed by atoms with van der Waals surface area (Å²) in [5.74, 6) is -0.761. The van der Waals surface area contributed by atoms with Crippen LogP contribution in [0.5, 0.6) is 0 Å². The molecule has 4 rings (SSSR count). The Morgan fingerprint density at radius 1 is 1.19 bits per heavy atom. The van der Waals surface area contributed by atoms with Crippen LogP contribution < -0.4 is 10.6 Å². The van der Waals surface area contributed by atoms with Crippen molar-refractivity contribution < 1.29 is 14.4 Å². The average molecular weight is 442 g/mol. The molecule has 3 heterocycles. The van der Waals surface area contributed by atoms with Crippen LogP contribution in [0.3, 0.4) is 0 Å². The number of primary amides is 1. The average Bonchev–Trinajstić information content (AvgIpc) is 2.70. The van der Waals surface area contributed by atoms with Gasteiger partial charge in [0.15, 0.2) is 5.54 Å². The molecule has 3 amide bonds.